The van der Waals surface area contributed by atoms with Crippen molar-refractivity contribution in [3.63, 3.8) is 0 Å². The first-order valence-electron chi connectivity index (χ1n) is 12.1. The number of carbonyl (C=O) groups excluding carboxylic acids is 1. The highest BCUT2D eigenvalue weighted by Gasteiger charge is 2.33. The predicted octanol–water partition coefficient (Wildman–Crippen LogP) is 5.86. The van der Waals surface area contributed by atoms with E-state index >= 15 is 0 Å². The minimum Gasteiger partial charge on any atom is -0.459 e. The summed E-state index contributed by atoms with van der Waals surface area (Å²) in [5.41, 5.74) is 4.69. The maximum absolute atomic E-state index is 13.6. The Hall–Kier alpha value is -2.91. The van der Waals surface area contributed by atoms with E-state index in [1.54, 1.807) is 38.1 Å². The zero-order valence-corrected chi connectivity index (χ0v) is 20.9. The SMILES string of the molecule is Cc1cn2c(C(C)N3CCN(CC(F)(F)F)CC3)cc(C(=O)OC(C)C)cc2c1-c1ccc(F)cc1. The van der Waals surface area contributed by atoms with Gasteiger partial charge in [0, 0.05) is 49.7 Å². The van der Waals surface area contributed by atoms with E-state index < -0.39 is 18.7 Å². The van der Waals surface area contributed by atoms with E-state index in [4.69, 9.17) is 4.74 Å². The van der Waals surface area contributed by atoms with Gasteiger partial charge in [0.05, 0.1) is 23.7 Å². The molecule has 9 heteroatoms. The van der Waals surface area contributed by atoms with Crippen LogP contribution < -0.4 is 0 Å². The smallest absolute Gasteiger partial charge is 0.401 e. The summed E-state index contributed by atoms with van der Waals surface area (Å²) in [7, 11) is 0. The van der Waals surface area contributed by atoms with Gasteiger partial charge in [-0.2, -0.15) is 13.2 Å². The highest BCUT2D eigenvalue weighted by molar-refractivity contribution is 5.94. The molecule has 194 valence electrons. The molecular formula is C27H31F4N3O2. The van der Waals surface area contributed by atoms with Gasteiger partial charge in [0.2, 0.25) is 0 Å². The minimum absolute atomic E-state index is 0.166. The topological polar surface area (TPSA) is 37.2 Å². The lowest BCUT2D eigenvalue weighted by Gasteiger charge is -2.38. The Kier molecular flexibility index (Phi) is 7.43. The van der Waals surface area contributed by atoms with Gasteiger partial charge < -0.3 is 9.14 Å². The van der Waals surface area contributed by atoms with Gasteiger partial charge >= 0.3 is 12.1 Å². The highest BCUT2D eigenvalue weighted by atomic mass is 19.4. The van der Waals surface area contributed by atoms with Crippen molar-refractivity contribution in [3.8, 4) is 11.1 Å². The zero-order chi connectivity index (χ0) is 26.2. The summed E-state index contributed by atoms with van der Waals surface area (Å²) in [6, 6.07) is 9.64. The maximum Gasteiger partial charge on any atom is 0.401 e. The van der Waals surface area contributed by atoms with Crippen LogP contribution in [0.5, 0.6) is 0 Å². The van der Waals surface area contributed by atoms with Crippen LogP contribution in [0.1, 0.15) is 48.4 Å². The molecule has 1 atom stereocenters. The van der Waals surface area contributed by atoms with Crippen LogP contribution in [-0.2, 0) is 4.74 Å². The number of rotatable bonds is 6. The van der Waals surface area contributed by atoms with Crippen molar-refractivity contribution in [2.24, 2.45) is 0 Å². The molecule has 1 unspecified atom stereocenters. The van der Waals surface area contributed by atoms with E-state index in [0.717, 1.165) is 27.9 Å². The number of ether oxygens (including phenoxy) is 1. The van der Waals surface area contributed by atoms with Crippen molar-refractivity contribution in [1.82, 2.24) is 14.2 Å². The maximum atomic E-state index is 13.6. The Bertz CT molecular complexity index is 1230. The monoisotopic (exact) mass is 505 g/mol. The fraction of sp³-hybridized carbons (Fsp3) is 0.444. The highest BCUT2D eigenvalue weighted by Crippen LogP contribution is 2.34. The lowest BCUT2D eigenvalue weighted by Crippen LogP contribution is -2.49. The van der Waals surface area contributed by atoms with Crippen LogP contribution in [0.15, 0.2) is 42.6 Å². The largest absolute Gasteiger partial charge is 0.459 e. The van der Waals surface area contributed by atoms with Gasteiger partial charge in [0.25, 0.3) is 0 Å². The van der Waals surface area contributed by atoms with E-state index in [1.807, 2.05) is 24.4 Å². The first-order valence-corrected chi connectivity index (χ1v) is 12.1. The van der Waals surface area contributed by atoms with Gasteiger partial charge in [-0.1, -0.05) is 12.1 Å². The third kappa shape index (κ3) is 5.73. The van der Waals surface area contributed by atoms with E-state index in [-0.39, 0.29) is 18.0 Å². The summed E-state index contributed by atoms with van der Waals surface area (Å²) in [6.45, 7) is 8.20. The second-order valence-corrected chi connectivity index (χ2v) is 9.68. The molecule has 4 rings (SSSR count). The molecule has 1 saturated heterocycles. The molecule has 36 heavy (non-hydrogen) atoms. The molecule has 3 aromatic rings. The standard InChI is InChI=1S/C27H31F4N3O2/c1-17(2)36-26(35)21-13-23(19(4)33-11-9-32(10-12-33)16-27(29,30)31)34-15-18(3)25(24(34)14-21)20-5-7-22(28)8-6-20/h5-8,13-15,17,19H,9-12,16H2,1-4H3. The molecule has 1 fully saturated rings. The molecule has 0 radical (unpaired) electrons. The Labute approximate surface area is 208 Å². The van der Waals surface area contributed by atoms with E-state index in [0.29, 0.717) is 31.7 Å². The summed E-state index contributed by atoms with van der Waals surface area (Å²) in [5.74, 6) is -0.778. The number of fused-ring (bicyclic) bond motifs is 1. The fourth-order valence-electron chi connectivity index (χ4n) is 4.89. The average molecular weight is 506 g/mol. The summed E-state index contributed by atoms with van der Waals surface area (Å²) in [5, 5.41) is 0. The molecule has 5 nitrogen and oxygen atoms in total. The van der Waals surface area contributed by atoms with Crippen LogP contribution in [0.2, 0.25) is 0 Å². The fourth-order valence-corrected chi connectivity index (χ4v) is 4.89. The van der Waals surface area contributed by atoms with Crippen molar-refractivity contribution in [2.75, 3.05) is 32.7 Å². The third-order valence-electron chi connectivity index (χ3n) is 6.60. The molecule has 1 aromatic carbocycles. The molecule has 1 aliphatic heterocycles. The number of benzene rings is 1. The van der Waals surface area contributed by atoms with Crippen LogP contribution in [0, 0.1) is 12.7 Å². The second kappa shape index (κ2) is 10.2. The van der Waals surface area contributed by atoms with Crippen molar-refractivity contribution >= 4 is 11.5 Å². The van der Waals surface area contributed by atoms with Gasteiger partial charge in [0.15, 0.2) is 0 Å². The number of aryl methyl sites for hydroxylation is 1. The molecule has 1 aliphatic rings. The number of esters is 1. The van der Waals surface area contributed by atoms with Crippen LogP contribution in [-0.4, -0.2) is 65.2 Å². The Morgan fingerprint density at radius 1 is 1.03 bits per heavy atom. The molecule has 0 amide bonds. The predicted molar refractivity (Wildman–Crippen MR) is 131 cm³/mol. The number of nitrogens with zero attached hydrogens (tertiary/aromatic N) is 3. The van der Waals surface area contributed by atoms with Gasteiger partial charge in [-0.15, -0.1) is 0 Å². The molecule has 0 spiro atoms. The second-order valence-electron chi connectivity index (χ2n) is 9.68. The van der Waals surface area contributed by atoms with Crippen molar-refractivity contribution in [3.05, 3.63) is 65.2 Å². The number of hydrogen-bond acceptors (Lipinski definition) is 4. The summed E-state index contributed by atoms with van der Waals surface area (Å²) in [6.07, 6.45) is -2.52. The van der Waals surface area contributed by atoms with E-state index in [2.05, 4.69) is 4.90 Å². The van der Waals surface area contributed by atoms with Crippen molar-refractivity contribution in [2.45, 2.75) is 46.0 Å². The number of carbonyl (C=O) groups is 1. The normalized spacial score (nSPS) is 16.6. The number of halogens is 4. The third-order valence-corrected chi connectivity index (χ3v) is 6.60. The Morgan fingerprint density at radius 2 is 1.67 bits per heavy atom. The van der Waals surface area contributed by atoms with Gasteiger partial charge in [0.1, 0.15) is 5.82 Å². The van der Waals surface area contributed by atoms with Crippen LogP contribution >= 0.6 is 0 Å². The number of pyridine rings is 1. The number of piperazine rings is 1. The average Bonchev–Trinajstić information content (AvgIpc) is 3.13. The zero-order valence-electron chi connectivity index (χ0n) is 20.9. The number of aromatic nitrogens is 1. The summed E-state index contributed by atoms with van der Waals surface area (Å²) >= 11 is 0. The quantitative estimate of drug-likeness (QED) is 0.311. The summed E-state index contributed by atoms with van der Waals surface area (Å²) < 4.78 is 59.6. The van der Waals surface area contributed by atoms with Crippen molar-refractivity contribution in [1.29, 1.82) is 0 Å². The molecular weight excluding hydrogens is 474 g/mol. The Balaban J connectivity index is 1.74. The van der Waals surface area contributed by atoms with Crippen LogP contribution in [0.4, 0.5) is 17.6 Å². The molecule has 0 aliphatic carbocycles. The van der Waals surface area contributed by atoms with Crippen LogP contribution in [0.3, 0.4) is 0 Å². The Morgan fingerprint density at radius 3 is 2.25 bits per heavy atom. The van der Waals surface area contributed by atoms with Crippen LogP contribution in [0.25, 0.3) is 16.6 Å². The van der Waals surface area contributed by atoms with Gasteiger partial charge in [-0.05, 0) is 63.1 Å². The van der Waals surface area contributed by atoms with Gasteiger partial charge in [-0.25, -0.2) is 9.18 Å². The lowest BCUT2D eigenvalue weighted by molar-refractivity contribution is -0.149. The minimum atomic E-state index is -4.22. The number of hydrogen-bond donors (Lipinski definition) is 0. The van der Waals surface area contributed by atoms with Gasteiger partial charge in [-0.3, -0.25) is 9.80 Å². The summed E-state index contributed by atoms with van der Waals surface area (Å²) in [4.78, 5) is 16.5. The number of alkyl halides is 3. The first-order chi connectivity index (χ1) is 16.9. The lowest BCUT2D eigenvalue weighted by atomic mass is 10.0. The van der Waals surface area contributed by atoms with E-state index in [1.165, 1.54) is 17.0 Å². The van der Waals surface area contributed by atoms with Crippen molar-refractivity contribution < 1.29 is 27.1 Å². The van der Waals surface area contributed by atoms with E-state index in [9.17, 15) is 22.4 Å². The molecule has 0 saturated carbocycles. The first kappa shape index (κ1) is 26.2. The molecule has 0 bridgehead atoms. The molecule has 3 heterocycles. The molecule has 2 aromatic heterocycles. The molecule has 0 N–H and O–H groups in total.